The van der Waals surface area contributed by atoms with E-state index in [1.54, 1.807) is 0 Å². The van der Waals surface area contributed by atoms with E-state index < -0.39 is 0 Å². The first-order valence-corrected chi connectivity index (χ1v) is 8.41. The second kappa shape index (κ2) is 6.55. The first-order chi connectivity index (χ1) is 10.2. The number of nitrogens with one attached hydrogen (secondary N) is 1. The summed E-state index contributed by atoms with van der Waals surface area (Å²) in [7, 11) is 0. The van der Waals surface area contributed by atoms with Gasteiger partial charge in [-0.1, -0.05) is 0 Å². The molecule has 0 unspecified atom stereocenters. The third-order valence-corrected chi connectivity index (χ3v) is 4.88. The number of rotatable bonds is 6. The van der Waals surface area contributed by atoms with Crippen LogP contribution in [0, 0.1) is 5.41 Å². The van der Waals surface area contributed by atoms with Gasteiger partial charge in [0.25, 0.3) is 0 Å². The van der Waals surface area contributed by atoms with Gasteiger partial charge < -0.3 is 19.9 Å². The minimum Gasteiger partial charge on any atom is -0.490 e. The summed E-state index contributed by atoms with van der Waals surface area (Å²) in [5.74, 6) is 1.64. The molecule has 1 saturated carbocycles. The summed E-state index contributed by atoms with van der Waals surface area (Å²) in [6.07, 6.45) is 4.28. The quantitative estimate of drug-likeness (QED) is 0.823. The summed E-state index contributed by atoms with van der Waals surface area (Å²) in [5, 5.41) is 12.6. The minimum atomic E-state index is 0.289. The van der Waals surface area contributed by atoms with E-state index in [2.05, 4.69) is 33.4 Å². The van der Waals surface area contributed by atoms with Gasteiger partial charge in [0, 0.05) is 26.1 Å². The third-order valence-electron chi connectivity index (χ3n) is 4.29. The van der Waals surface area contributed by atoms with Crippen LogP contribution < -0.4 is 14.8 Å². The molecule has 2 N–H and O–H groups in total. The lowest BCUT2D eigenvalue weighted by molar-refractivity contribution is 0.245. The number of fused-ring (bicyclic) bond motifs is 1. The maximum atomic E-state index is 9.09. The molecule has 0 aromatic heterocycles. The molecule has 1 aromatic rings. The highest BCUT2D eigenvalue weighted by molar-refractivity contribution is 9.10. The fraction of sp³-hybridized carbons (Fsp3) is 0.625. The normalized spacial score (nSPS) is 19.1. The smallest absolute Gasteiger partial charge is 0.175 e. The van der Waals surface area contributed by atoms with Gasteiger partial charge in [0.1, 0.15) is 0 Å². The molecule has 1 fully saturated rings. The van der Waals surface area contributed by atoms with Crippen LogP contribution in [0.5, 0.6) is 11.5 Å². The Morgan fingerprint density at radius 2 is 2.05 bits per heavy atom. The van der Waals surface area contributed by atoms with Gasteiger partial charge in [-0.15, -0.1) is 0 Å². The Labute approximate surface area is 134 Å². The number of aliphatic hydroxyl groups excluding tert-OH is 1. The summed E-state index contributed by atoms with van der Waals surface area (Å²) in [5.41, 5.74) is 1.53. The Morgan fingerprint density at radius 3 is 2.81 bits per heavy atom. The van der Waals surface area contributed by atoms with Crippen LogP contribution in [0.1, 0.15) is 31.2 Å². The first-order valence-electron chi connectivity index (χ1n) is 7.62. The van der Waals surface area contributed by atoms with Crippen molar-refractivity contribution in [1.82, 2.24) is 5.32 Å². The number of aliphatic hydroxyl groups is 1. The van der Waals surface area contributed by atoms with Crippen molar-refractivity contribution >= 4 is 15.9 Å². The van der Waals surface area contributed by atoms with E-state index in [9.17, 15) is 0 Å². The predicted octanol–water partition coefficient (Wildman–Crippen LogP) is 2.86. The Morgan fingerprint density at radius 1 is 1.24 bits per heavy atom. The van der Waals surface area contributed by atoms with E-state index in [1.807, 2.05) is 0 Å². The predicted molar refractivity (Wildman–Crippen MR) is 84.8 cm³/mol. The van der Waals surface area contributed by atoms with Crippen LogP contribution in [0.25, 0.3) is 0 Å². The van der Waals surface area contributed by atoms with E-state index in [4.69, 9.17) is 14.6 Å². The van der Waals surface area contributed by atoms with Crippen LogP contribution in [-0.2, 0) is 6.54 Å². The fourth-order valence-electron chi connectivity index (χ4n) is 2.79. The molecule has 0 bridgehead atoms. The lowest BCUT2D eigenvalue weighted by Gasteiger charge is -2.16. The maximum Gasteiger partial charge on any atom is 0.175 e. The summed E-state index contributed by atoms with van der Waals surface area (Å²) in [6.45, 7) is 3.47. The van der Waals surface area contributed by atoms with Crippen LogP contribution in [0.15, 0.2) is 16.6 Å². The van der Waals surface area contributed by atoms with Crippen molar-refractivity contribution in [1.29, 1.82) is 0 Å². The molecule has 0 amide bonds. The zero-order valence-electron chi connectivity index (χ0n) is 12.2. The van der Waals surface area contributed by atoms with Crippen LogP contribution in [0.2, 0.25) is 0 Å². The van der Waals surface area contributed by atoms with E-state index in [0.29, 0.717) is 18.6 Å². The topological polar surface area (TPSA) is 50.7 Å². The number of benzene rings is 1. The molecule has 116 valence electrons. The summed E-state index contributed by atoms with van der Waals surface area (Å²) < 4.78 is 12.4. The van der Waals surface area contributed by atoms with Crippen LogP contribution in [0.3, 0.4) is 0 Å². The van der Waals surface area contributed by atoms with E-state index >= 15 is 0 Å². The molecule has 2 aliphatic rings. The average molecular weight is 356 g/mol. The highest BCUT2D eigenvalue weighted by Gasteiger charge is 2.41. The van der Waals surface area contributed by atoms with Crippen molar-refractivity contribution in [3.05, 3.63) is 22.2 Å². The summed E-state index contributed by atoms with van der Waals surface area (Å²) in [4.78, 5) is 0. The van der Waals surface area contributed by atoms with Crippen molar-refractivity contribution in [2.24, 2.45) is 5.41 Å². The largest absolute Gasteiger partial charge is 0.490 e. The molecule has 1 aromatic carbocycles. The van der Waals surface area contributed by atoms with Gasteiger partial charge in [0.05, 0.1) is 17.7 Å². The number of hydrogen-bond acceptors (Lipinski definition) is 4. The molecule has 0 saturated heterocycles. The fourth-order valence-corrected chi connectivity index (χ4v) is 3.39. The van der Waals surface area contributed by atoms with Crippen molar-refractivity contribution < 1.29 is 14.6 Å². The highest BCUT2D eigenvalue weighted by atomic mass is 79.9. The van der Waals surface area contributed by atoms with Crippen molar-refractivity contribution in [2.75, 3.05) is 26.4 Å². The molecule has 3 rings (SSSR count). The van der Waals surface area contributed by atoms with Crippen LogP contribution >= 0.6 is 15.9 Å². The SMILES string of the molecule is OCCC1(CNCc2cc(Br)c3c(c2)OCCCO3)CC1. The molecule has 21 heavy (non-hydrogen) atoms. The summed E-state index contributed by atoms with van der Waals surface area (Å²) in [6, 6.07) is 4.15. The molecule has 5 heteroatoms. The van der Waals surface area contributed by atoms with E-state index in [-0.39, 0.29) is 6.61 Å². The van der Waals surface area contributed by atoms with Gasteiger partial charge in [-0.3, -0.25) is 0 Å². The Kier molecular flexibility index (Phi) is 4.72. The van der Waals surface area contributed by atoms with Gasteiger partial charge >= 0.3 is 0 Å². The molecular weight excluding hydrogens is 334 g/mol. The lowest BCUT2D eigenvalue weighted by atomic mass is 10.0. The van der Waals surface area contributed by atoms with E-state index in [0.717, 1.165) is 41.9 Å². The second-order valence-electron chi connectivity index (χ2n) is 6.03. The van der Waals surface area contributed by atoms with Crippen molar-refractivity contribution in [3.8, 4) is 11.5 Å². The lowest BCUT2D eigenvalue weighted by Crippen LogP contribution is -2.24. The molecule has 0 radical (unpaired) electrons. The Bertz CT molecular complexity index is 503. The number of halogens is 1. The summed E-state index contributed by atoms with van der Waals surface area (Å²) >= 11 is 3.57. The monoisotopic (exact) mass is 355 g/mol. The standard InChI is InChI=1S/C16H22BrNO3/c17-13-8-12(9-14-15(13)21-7-1-6-20-14)10-18-11-16(2-3-16)4-5-19/h8-9,18-19H,1-7,10-11H2. The highest BCUT2D eigenvalue weighted by Crippen LogP contribution is 2.48. The molecule has 1 aliphatic carbocycles. The molecule has 0 spiro atoms. The van der Waals surface area contributed by atoms with Gasteiger partial charge in [-0.25, -0.2) is 0 Å². The Hall–Kier alpha value is -0.780. The third kappa shape index (κ3) is 3.71. The van der Waals surface area contributed by atoms with Crippen LogP contribution in [-0.4, -0.2) is 31.5 Å². The van der Waals surface area contributed by atoms with Gasteiger partial charge in [0.2, 0.25) is 0 Å². The average Bonchev–Trinajstić information content (AvgIpc) is 3.23. The molecule has 1 heterocycles. The Balaban J connectivity index is 1.61. The number of ether oxygens (including phenoxy) is 2. The van der Waals surface area contributed by atoms with Gasteiger partial charge in [-0.2, -0.15) is 0 Å². The second-order valence-corrected chi connectivity index (χ2v) is 6.89. The van der Waals surface area contributed by atoms with Gasteiger partial charge in [-0.05, 0) is 58.3 Å². The maximum absolute atomic E-state index is 9.09. The molecular formula is C16H22BrNO3. The van der Waals surface area contributed by atoms with Gasteiger partial charge in [0.15, 0.2) is 11.5 Å². The van der Waals surface area contributed by atoms with Crippen molar-refractivity contribution in [3.63, 3.8) is 0 Å². The van der Waals surface area contributed by atoms with Crippen LogP contribution in [0.4, 0.5) is 0 Å². The zero-order chi connectivity index (χ0) is 14.7. The molecule has 4 nitrogen and oxygen atoms in total. The molecule has 0 atom stereocenters. The van der Waals surface area contributed by atoms with Crippen molar-refractivity contribution in [2.45, 2.75) is 32.2 Å². The van der Waals surface area contributed by atoms with E-state index in [1.165, 1.54) is 18.4 Å². The first kappa shape index (κ1) is 15.1. The molecule has 1 aliphatic heterocycles. The zero-order valence-corrected chi connectivity index (χ0v) is 13.7. The minimum absolute atomic E-state index is 0.289. The number of hydrogen-bond donors (Lipinski definition) is 2.